The number of hydrogen-bond acceptors (Lipinski definition) is 8. The second-order valence-electron chi connectivity index (χ2n) is 7.60. The number of ether oxygens (including phenoxy) is 3. The van der Waals surface area contributed by atoms with E-state index in [-0.39, 0.29) is 10.7 Å². The zero-order valence-electron chi connectivity index (χ0n) is 20.3. The van der Waals surface area contributed by atoms with Gasteiger partial charge in [0.2, 0.25) is 0 Å². The average molecular weight is 509 g/mol. The molecule has 9 nitrogen and oxygen atoms in total. The minimum absolute atomic E-state index is 0.0776. The van der Waals surface area contributed by atoms with Crippen LogP contribution in [0.4, 0.5) is 23.0 Å². The van der Waals surface area contributed by atoms with E-state index in [2.05, 4.69) is 15.7 Å². The van der Waals surface area contributed by atoms with Crippen molar-refractivity contribution in [2.75, 3.05) is 31.0 Å². The van der Waals surface area contributed by atoms with Crippen molar-refractivity contribution in [3.05, 3.63) is 78.9 Å². The van der Waals surface area contributed by atoms with Gasteiger partial charge in [0.15, 0.2) is 5.82 Å². The lowest BCUT2D eigenvalue weighted by Crippen LogP contribution is -2.17. The van der Waals surface area contributed by atoms with Gasteiger partial charge in [-0.05, 0) is 86.6 Å². The fraction of sp³-hybridized carbons (Fsp3) is 0.192. The summed E-state index contributed by atoms with van der Waals surface area (Å²) in [6.07, 6.45) is 0. The molecule has 0 bridgehead atoms. The van der Waals surface area contributed by atoms with Crippen molar-refractivity contribution in [2.45, 2.75) is 18.7 Å². The summed E-state index contributed by atoms with van der Waals surface area (Å²) in [6.45, 7) is 4.95. The molecule has 1 heterocycles. The second kappa shape index (κ2) is 11.0. The first-order valence-electron chi connectivity index (χ1n) is 11.4. The summed E-state index contributed by atoms with van der Waals surface area (Å²) < 4.78 is 44.1. The number of methoxy groups -OCH3 is 1. The van der Waals surface area contributed by atoms with E-state index < -0.39 is 10.0 Å². The number of rotatable bonds is 11. The summed E-state index contributed by atoms with van der Waals surface area (Å²) >= 11 is 0. The normalized spacial score (nSPS) is 11.1. The quantitative estimate of drug-likeness (QED) is 0.277. The lowest BCUT2D eigenvalue weighted by atomic mass is 10.3. The maximum atomic E-state index is 13.5. The molecule has 0 radical (unpaired) electrons. The number of benzene rings is 3. The Labute approximate surface area is 210 Å². The third-order valence-corrected chi connectivity index (χ3v) is 6.74. The number of hydrogen-bond donors (Lipinski definition) is 2. The van der Waals surface area contributed by atoms with Crippen LogP contribution in [0.5, 0.6) is 17.2 Å². The molecule has 0 atom stereocenters. The molecule has 2 N–H and O–H groups in total. The van der Waals surface area contributed by atoms with Crippen molar-refractivity contribution in [3.8, 4) is 17.2 Å². The Morgan fingerprint density at radius 2 is 1.25 bits per heavy atom. The Morgan fingerprint density at radius 1 is 0.750 bits per heavy atom. The zero-order valence-corrected chi connectivity index (χ0v) is 21.1. The molecule has 0 amide bonds. The van der Waals surface area contributed by atoms with Gasteiger partial charge < -0.3 is 24.8 Å². The van der Waals surface area contributed by atoms with Crippen LogP contribution in [0.15, 0.2) is 83.8 Å². The Hall–Kier alpha value is -4.18. The molecule has 36 heavy (non-hydrogen) atoms. The third kappa shape index (κ3) is 5.72. The zero-order chi connectivity index (χ0) is 25.5. The van der Waals surface area contributed by atoms with Gasteiger partial charge in [0.25, 0.3) is 10.0 Å². The van der Waals surface area contributed by atoms with Gasteiger partial charge in [0.1, 0.15) is 23.1 Å². The molecular weight excluding hydrogens is 480 g/mol. The second-order valence-corrected chi connectivity index (χ2v) is 9.37. The highest BCUT2D eigenvalue weighted by Crippen LogP contribution is 2.29. The van der Waals surface area contributed by atoms with Crippen LogP contribution in [0.2, 0.25) is 0 Å². The molecule has 0 aliphatic rings. The Balaban J connectivity index is 1.68. The first kappa shape index (κ1) is 24.9. The predicted molar refractivity (Wildman–Crippen MR) is 140 cm³/mol. The number of nitrogens with one attached hydrogen (secondary N) is 2. The van der Waals surface area contributed by atoms with Crippen LogP contribution in [0, 0.1) is 0 Å². The first-order valence-corrected chi connectivity index (χ1v) is 12.9. The van der Waals surface area contributed by atoms with Crippen LogP contribution < -0.4 is 24.8 Å². The summed E-state index contributed by atoms with van der Waals surface area (Å²) in [4.78, 5) is 0.0776. The SMILES string of the molecule is CCOc1ccc(Nc2cc(Nc3ccc(OCC)cc3)n(S(=O)(=O)c3ccc(OC)cc3)n2)cc1. The molecule has 4 aromatic rings. The minimum Gasteiger partial charge on any atom is -0.497 e. The molecule has 10 heteroatoms. The van der Waals surface area contributed by atoms with E-state index in [1.54, 1.807) is 18.2 Å². The van der Waals surface area contributed by atoms with E-state index in [0.29, 0.717) is 30.5 Å². The molecule has 0 aliphatic carbocycles. The predicted octanol–water partition coefficient (Wildman–Crippen LogP) is 5.41. The summed E-state index contributed by atoms with van der Waals surface area (Å²) in [5.41, 5.74) is 1.41. The van der Waals surface area contributed by atoms with Crippen molar-refractivity contribution in [1.29, 1.82) is 0 Å². The summed E-state index contributed by atoms with van der Waals surface area (Å²) in [6, 6.07) is 22.3. The van der Waals surface area contributed by atoms with Gasteiger partial charge in [-0.15, -0.1) is 9.19 Å². The van der Waals surface area contributed by atoms with Gasteiger partial charge in [-0.25, -0.2) is 0 Å². The molecule has 0 unspecified atom stereocenters. The number of nitrogens with zero attached hydrogens (tertiary/aromatic N) is 2. The lowest BCUT2D eigenvalue weighted by Gasteiger charge is -2.11. The standard InChI is InChI=1S/C26H28N4O5S/c1-4-34-22-10-6-19(7-11-22)27-25-18-26(28-20-8-12-23(13-9-20)35-5-2)30(29-25)36(31,32)24-16-14-21(33-3)15-17-24/h6-18,28H,4-5H2,1-3H3,(H,27,29). The van der Waals surface area contributed by atoms with Crippen molar-refractivity contribution < 1.29 is 22.6 Å². The maximum Gasteiger partial charge on any atom is 0.284 e. The third-order valence-electron chi connectivity index (χ3n) is 5.14. The van der Waals surface area contributed by atoms with Gasteiger partial charge in [0, 0.05) is 17.4 Å². The van der Waals surface area contributed by atoms with E-state index >= 15 is 0 Å². The number of aromatic nitrogens is 2. The van der Waals surface area contributed by atoms with Gasteiger partial charge in [-0.3, -0.25) is 0 Å². The van der Waals surface area contributed by atoms with Crippen LogP contribution in [-0.2, 0) is 10.0 Å². The van der Waals surface area contributed by atoms with Crippen molar-refractivity contribution >= 4 is 33.0 Å². The molecule has 0 aliphatic heterocycles. The van der Waals surface area contributed by atoms with Crippen LogP contribution in [0.25, 0.3) is 0 Å². The molecule has 1 aromatic heterocycles. The van der Waals surface area contributed by atoms with E-state index in [1.807, 2.05) is 62.4 Å². The van der Waals surface area contributed by atoms with Gasteiger partial charge >= 0.3 is 0 Å². The average Bonchev–Trinajstić information content (AvgIpc) is 3.29. The molecule has 0 saturated heterocycles. The van der Waals surface area contributed by atoms with Crippen LogP contribution >= 0.6 is 0 Å². The smallest absolute Gasteiger partial charge is 0.284 e. The van der Waals surface area contributed by atoms with Gasteiger partial charge in [-0.1, -0.05) is 0 Å². The highest BCUT2D eigenvalue weighted by molar-refractivity contribution is 7.90. The van der Waals surface area contributed by atoms with Crippen molar-refractivity contribution in [2.24, 2.45) is 0 Å². The Bertz CT molecular complexity index is 1380. The molecule has 0 fully saturated rings. The summed E-state index contributed by atoms with van der Waals surface area (Å²) in [5, 5.41) is 10.7. The topological polar surface area (TPSA) is 104 Å². The number of anilines is 4. The van der Waals surface area contributed by atoms with Gasteiger partial charge in [-0.2, -0.15) is 8.42 Å². The van der Waals surface area contributed by atoms with Crippen molar-refractivity contribution in [3.63, 3.8) is 0 Å². The monoisotopic (exact) mass is 508 g/mol. The molecule has 188 valence electrons. The lowest BCUT2D eigenvalue weighted by molar-refractivity contribution is 0.340. The fourth-order valence-electron chi connectivity index (χ4n) is 3.44. The Kier molecular flexibility index (Phi) is 7.65. The highest BCUT2D eigenvalue weighted by atomic mass is 32.2. The first-order chi connectivity index (χ1) is 17.4. The van der Waals surface area contributed by atoms with E-state index in [0.717, 1.165) is 21.3 Å². The van der Waals surface area contributed by atoms with Gasteiger partial charge in [0.05, 0.1) is 25.2 Å². The highest BCUT2D eigenvalue weighted by Gasteiger charge is 2.23. The van der Waals surface area contributed by atoms with E-state index in [4.69, 9.17) is 14.2 Å². The van der Waals surface area contributed by atoms with Crippen LogP contribution in [-0.4, -0.2) is 37.9 Å². The maximum absolute atomic E-state index is 13.5. The van der Waals surface area contributed by atoms with Crippen molar-refractivity contribution in [1.82, 2.24) is 9.19 Å². The minimum atomic E-state index is -4.01. The molecular formula is C26H28N4O5S. The van der Waals surface area contributed by atoms with Crippen LogP contribution in [0.1, 0.15) is 13.8 Å². The van der Waals surface area contributed by atoms with E-state index in [1.165, 1.54) is 19.2 Å². The summed E-state index contributed by atoms with van der Waals surface area (Å²) in [5.74, 6) is 2.64. The van der Waals surface area contributed by atoms with E-state index in [9.17, 15) is 8.42 Å². The summed E-state index contributed by atoms with van der Waals surface area (Å²) in [7, 11) is -2.49. The molecule has 3 aromatic carbocycles. The molecule has 0 saturated carbocycles. The largest absolute Gasteiger partial charge is 0.497 e. The Morgan fingerprint density at radius 3 is 1.75 bits per heavy atom. The van der Waals surface area contributed by atoms with Crippen LogP contribution in [0.3, 0.4) is 0 Å². The molecule has 4 rings (SSSR count). The molecule has 0 spiro atoms. The fourth-order valence-corrected chi connectivity index (χ4v) is 4.67.